The summed E-state index contributed by atoms with van der Waals surface area (Å²) in [5.41, 5.74) is 1.14. The Morgan fingerprint density at radius 1 is 1.04 bits per heavy atom. The third-order valence-corrected chi connectivity index (χ3v) is 4.00. The summed E-state index contributed by atoms with van der Waals surface area (Å²) in [7, 11) is 0. The molecular formula is C19H19F3N2O. The molecule has 3 nitrogen and oxygen atoms in total. The molecule has 1 aromatic heterocycles. The van der Waals surface area contributed by atoms with Gasteiger partial charge in [0.15, 0.2) is 0 Å². The number of hydrogen-bond donors (Lipinski definition) is 3. The predicted molar refractivity (Wildman–Crippen MR) is 91.6 cm³/mol. The average Bonchev–Trinajstić information content (AvgIpc) is 2.86. The van der Waals surface area contributed by atoms with E-state index in [0.717, 1.165) is 6.07 Å². The highest BCUT2D eigenvalue weighted by Crippen LogP contribution is 2.32. The van der Waals surface area contributed by atoms with Crippen LogP contribution in [0.4, 0.5) is 13.2 Å². The molecule has 0 saturated heterocycles. The van der Waals surface area contributed by atoms with Crippen molar-refractivity contribution in [1.29, 1.82) is 0 Å². The molecule has 0 bridgehead atoms. The van der Waals surface area contributed by atoms with Crippen LogP contribution in [-0.4, -0.2) is 22.4 Å². The van der Waals surface area contributed by atoms with Crippen molar-refractivity contribution in [2.24, 2.45) is 0 Å². The van der Waals surface area contributed by atoms with Crippen LogP contribution in [0.2, 0.25) is 0 Å². The summed E-state index contributed by atoms with van der Waals surface area (Å²) in [5.74, 6) is -1.71. The maximum Gasteiger partial charge on any atom is 0.150 e. The van der Waals surface area contributed by atoms with Crippen LogP contribution in [0.3, 0.4) is 0 Å². The van der Waals surface area contributed by atoms with Gasteiger partial charge >= 0.3 is 0 Å². The molecule has 0 aliphatic carbocycles. The van der Waals surface area contributed by atoms with Crippen LogP contribution in [0, 0.1) is 17.5 Å². The summed E-state index contributed by atoms with van der Waals surface area (Å²) in [6, 6.07) is 7.91. The van der Waals surface area contributed by atoms with Gasteiger partial charge in [0, 0.05) is 23.7 Å². The number of aliphatic hydroxyl groups is 1. The summed E-state index contributed by atoms with van der Waals surface area (Å²) < 4.78 is 41.0. The number of hydrogen-bond acceptors (Lipinski definition) is 2. The molecule has 3 rings (SSSR count). The second-order valence-electron chi connectivity index (χ2n) is 6.53. The van der Waals surface area contributed by atoms with E-state index in [1.165, 1.54) is 18.2 Å². The number of aromatic nitrogens is 1. The molecule has 1 heterocycles. The minimum absolute atomic E-state index is 0.207. The van der Waals surface area contributed by atoms with Gasteiger partial charge in [-0.3, -0.25) is 5.32 Å². The number of aromatic amines is 1. The second kappa shape index (κ2) is 6.54. The molecule has 2 aromatic carbocycles. The van der Waals surface area contributed by atoms with Gasteiger partial charge < -0.3 is 10.1 Å². The van der Waals surface area contributed by atoms with Crippen molar-refractivity contribution in [3.05, 3.63) is 59.4 Å². The van der Waals surface area contributed by atoms with Crippen molar-refractivity contribution in [1.82, 2.24) is 10.3 Å². The van der Waals surface area contributed by atoms with Crippen LogP contribution in [0.1, 0.15) is 19.4 Å². The predicted octanol–water partition coefficient (Wildman–Crippen LogP) is 4.11. The third kappa shape index (κ3) is 3.86. The van der Waals surface area contributed by atoms with Gasteiger partial charge in [0.25, 0.3) is 0 Å². The number of H-pyrrole nitrogens is 1. The highest BCUT2D eigenvalue weighted by atomic mass is 19.1. The van der Waals surface area contributed by atoms with E-state index in [1.807, 2.05) is 0 Å². The highest BCUT2D eigenvalue weighted by Gasteiger charge is 2.18. The lowest BCUT2D eigenvalue weighted by molar-refractivity contribution is 0.0444. The molecule has 132 valence electrons. The summed E-state index contributed by atoms with van der Waals surface area (Å²) in [6.45, 7) is 3.63. The van der Waals surface area contributed by atoms with Crippen molar-refractivity contribution in [2.45, 2.75) is 26.0 Å². The zero-order valence-corrected chi connectivity index (χ0v) is 14.0. The minimum Gasteiger partial charge on any atom is -0.376 e. The van der Waals surface area contributed by atoms with E-state index in [0.29, 0.717) is 35.2 Å². The average molecular weight is 348 g/mol. The maximum atomic E-state index is 14.1. The van der Waals surface area contributed by atoms with E-state index in [4.69, 9.17) is 0 Å². The fourth-order valence-electron chi connectivity index (χ4n) is 2.89. The van der Waals surface area contributed by atoms with Crippen molar-refractivity contribution < 1.29 is 18.3 Å². The zero-order valence-electron chi connectivity index (χ0n) is 14.0. The molecule has 0 aliphatic heterocycles. The van der Waals surface area contributed by atoms with Crippen LogP contribution in [0.25, 0.3) is 22.2 Å². The molecule has 6 heteroatoms. The summed E-state index contributed by atoms with van der Waals surface area (Å²) in [6.07, 6.45) is 0.430. The second-order valence-corrected chi connectivity index (χ2v) is 6.53. The first-order chi connectivity index (χ1) is 11.7. The van der Waals surface area contributed by atoms with E-state index >= 15 is 0 Å². The Morgan fingerprint density at radius 3 is 2.36 bits per heavy atom. The third-order valence-electron chi connectivity index (χ3n) is 4.00. The Labute approximate surface area is 143 Å². The molecule has 25 heavy (non-hydrogen) atoms. The first-order valence-electron chi connectivity index (χ1n) is 7.97. The monoisotopic (exact) mass is 348 g/mol. The molecule has 0 radical (unpaired) electrons. The van der Waals surface area contributed by atoms with Gasteiger partial charge in [-0.15, -0.1) is 0 Å². The van der Waals surface area contributed by atoms with Crippen LogP contribution >= 0.6 is 0 Å². The van der Waals surface area contributed by atoms with Crippen molar-refractivity contribution in [2.75, 3.05) is 6.54 Å². The molecule has 0 spiro atoms. The Kier molecular flexibility index (Phi) is 4.58. The SMILES string of the molecule is CC(C)(O)NCCc1c(-c2ccc(F)cc2)[nH]c2c(F)cc(F)cc12. The van der Waals surface area contributed by atoms with Gasteiger partial charge in [0.05, 0.1) is 5.52 Å². The van der Waals surface area contributed by atoms with Crippen LogP contribution in [0.5, 0.6) is 0 Å². The molecule has 0 amide bonds. The van der Waals surface area contributed by atoms with Gasteiger partial charge in [0.2, 0.25) is 0 Å². The molecule has 3 N–H and O–H groups in total. The van der Waals surface area contributed by atoms with Crippen LogP contribution in [-0.2, 0) is 6.42 Å². The van der Waals surface area contributed by atoms with Gasteiger partial charge in [-0.2, -0.15) is 0 Å². The lowest BCUT2D eigenvalue weighted by Gasteiger charge is -2.19. The highest BCUT2D eigenvalue weighted by molar-refractivity contribution is 5.91. The Balaban J connectivity index is 2.09. The number of halogens is 3. The van der Waals surface area contributed by atoms with Gasteiger partial charge in [-0.05, 0) is 61.7 Å². The number of fused-ring (bicyclic) bond motifs is 1. The number of rotatable bonds is 5. The van der Waals surface area contributed by atoms with Crippen molar-refractivity contribution in [3.8, 4) is 11.3 Å². The van der Waals surface area contributed by atoms with Crippen molar-refractivity contribution in [3.63, 3.8) is 0 Å². The maximum absolute atomic E-state index is 14.1. The molecule has 3 aromatic rings. The van der Waals surface area contributed by atoms with Crippen molar-refractivity contribution >= 4 is 10.9 Å². The number of nitrogens with one attached hydrogen (secondary N) is 2. The van der Waals surface area contributed by atoms with Crippen LogP contribution in [0.15, 0.2) is 36.4 Å². The standard InChI is InChI=1S/C19H19F3N2O/c1-19(2,25)23-8-7-14-15-9-13(21)10-16(22)18(15)24-17(14)11-3-5-12(20)6-4-11/h3-6,9-10,23-25H,7-8H2,1-2H3. The first-order valence-corrected chi connectivity index (χ1v) is 7.97. The summed E-state index contributed by atoms with van der Waals surface area (Å²) in [5, 5.41) is 13.2. The molecule has 0 saturated carbocycles. The Bertz CT molecular complexity index is 896. The quantitative estimate of drug-likeness (QED) is 0.608. The summed E-state index contributed by atoms with van der Waals surface area (Å²) in [4.78, 5) is 2.99. The molecule has 0 unspecified atom stereocenters. The molecule has 0 atom stereocenters. The van der Waals surface area contributed by atoms with Crippen LogP contribution < -0.4 is 5.32 Å². The van der Waals surface area contributed by atoms with Gasteiger partial charge in [-0.1, -0.05) is 0 Å². The van der Waals surface area contributed by atoms with E-state index < -0.39 is 17.4 Å². The lowest BCUT2D eigenvalue weighted by atomic mass is 10.0. The Hall–Kier alpha value is -2.31. The fraction of sp³-hybridized carbons (Fsp3) is 0.263. The van der Waals surface area contributed by atoms with E-state index in [9.17, 15) is 18.3 Å². The molecular weight excluding hydrogens is 329 g/mol. The van der Waals surface area contributed by atoms with E-state index in [2.05, 4.69) is 10.3 Å². The van der Waals surface area contributed by atoms with E-state index in [-0.39, 0.29) is 11.3 Å². The smallest absolute Gasteiger partial charge is 0.150 e. The van der Waals surface area contributed by atoms with Gasteiger partial charge in [0.1, 0.15) is 23.2 Å². The normalized spacial score (nSPS) is 12.1. The minimum atomic E-state index is -1.06. The van der Waals surface area contributed by atoms with Gasteiger partial charge in [-0.25, -0.2) is 13.2 Å². The Morgan fingerprint density at radius 2 is 1.72 bits per heavy atom. The number of benzene rings is 2. The first kappa shape index (κ1) is 17.5. The summed E-state index contributed by atoms with van der Waals surface area (Å²) >= 11 is 0. The largest absolute Gasteiger partial charge is 0.376 e. The lowest BCUT2D eigenvalue weighted by Crippen LogP contribution is -2.39. The van der Waals surface area contributed by atoms with E-state index in [1.54, 1.807) is 26.0 Å². The fourth-order valence-corrected chi connectivity index (χ4v) is 2.89. The zero-order chi connectivity index (χ0) is 18.2. The topological polar surface area (TPSA) is 48.0 Å². The molecule has 0 aliphatic rings. The molecule has 0 fully saturated rings.